The van der Waals surface area contributed by atoms with Gasteiger partial charge in [-0.15, -0.1) is 26.6 Å². The SMILES string of the molecule is COc1cc(C(CC(=O)O)c2ccc(Cl)c(CNS(=O)(=O)C3CCCCC3C(=O)CC3N=C(c4ccc(Cl)cc4)c4c(sc(C)c4C)-n4c(C)nnc43)c2)cc2nnn(C)c12. The average molecular weight is 904 g/mol. The Morgan fingerprint density at radius 3 is 2.49 bits per heavy atom. The summed E-state index contributed by atoms with van der Waals surface area (Å²) in [6, 6.07) is 15.3. The highest BCUT2D eigenvalue weighted by Gasteiger charge is 2.41. The number of hydrogen-bond donors (Lipinski definition) is 2. The molecule has 14 nitrogen and oxygen atoms in total. The van der Waals surface area contributed by atoms with Crippen molar-refractivity contribution in [3.05, 3.63) is 115 Å². The molecule has 1 fully saturated rings. The summed E-state index contributed by atoms with van der Waals surface area (Å²) in [5.41, 5.74) is 6.47. The van der Waals surface area contributed by atoms with Gasteiger partial charge in [0.1, 0.15) is 39.4 Å². The van der Waals surface area contributed by atoms with Crippen LogP contribution in [0.4, 0.5) is 0 Å². The second-order valence-corrected chi connectivity index (χ2v) is 19.7. The minimum Gasteiger partial charge on any atom is -0.494 e. The lowest BCUT2D eigenvalue weighted by molar-refractivity contribution is -0.137. The fourth-order valence-corrected chi connectivity index (χ4v) is 12.0. The van der Waals surface area contributed by atoms with Crippen molar-refractivity contribution in [1.29, 1.82) is 0 Å². The molecule has 1 saturated carbocycles. The normalized spacial score (nSPS) is 18.3. The fourth-order valence-electron chi connectivity index (χ4n) is 8.68. The number of carbonyl (C=O) groups is 2. The van der Waals surface area contributed by atoms with Crippen molar-refractivity contribution in [2.45, 2.75) is 83.1 Å². The zero-order valence-corrected chi connectivity index (χ0v) is 37.3. The van der Waals surface area contributed by atoms with Crippen LogP contribution < -0.4 is 9.46 Å². The molecule has 18 heteroatoms. The first-order chi connectivity index (χ1) is 29.1. The van der Waals surface area contributed by atoms with Gasteiger partial charge < -0.3 is 9.84 Å². The third kappa shape index (κ3) is 8.23. The number of carboxylic acids is 1. The number of rotatable bonds is 13. The van der Waals surface area contributed by atoms with Gasteiger partial charge in [-0.05, 0) is 86.2 Å². The van der Waals surface area contributed by atoms with E-state index in [0.29, 0.717) is 86.6 Å². The number of nitrogens with one attached hydrogen (secondary N) is 1. The molecule has 3 aromatic carbocycles. The maximum absolute atomic E-state index is 14.6. The van der Waals surface area contributed by atoms with Gasteiger partial charge in [-0.2, -0.15) is 0 Å². The Morgan fingerprint density at radius 1 is 1.00 bits per heavy atom. The Balaban J connectivity index is 1.07. The van der Waals surface area contributed by atoms with Gasteiger partial charge in [0.2, 0.25) is 10.0 Å². The van der Waals surface area contributed by atoms with Crippen LogP contribution in [0.3, 0.4) is 0 Å². The fraction of sp³-hybridized carbons (Fsp3) is 0.372. The molecule has 0 bridgehead atoms. The second kappa shape index (κ2) is 17.0. The van der Waals surface area contributed by atoms with E-state index in [1.807, 2.05) is 35.8 Å². The van der Waals surface area contributed by atoms with Gasteiger partial charge in [-0.3, -0.25) is 19.1 Å². The third-order valence-electron chi connectivity index (χ3n) is 11.9. The number of methoxy groups -OCH3 is 1. The van der Waals surface area contributed by atoms with Crippen molar-refractivity contribution in [3.63, 3.8) is 0 Å². The van der Waals surface area contributed by atoms with Crippen molar-refractivity contribution in [2.75, 3.05) is 7.11 Å². The Bertz CT molecular complexity index is 2830. The number of ketones is 1. The topological polar surface area (TPSA) is 184 Å². The molecule has 61 heavy (non-hydrogen) atoms. The molecule has 3 aromatic heterocycles. The van der Waals surface area contributed by atoms with Gasteiger partial charge in [-0.25, -0.2) is 17.8 Å². The highest BCUT2D eigenvalue weighted by atomic mass is 35.5. The van der Waals surface area contributed by atoms with Gasteiger partial charge >= 0.3 is 5.97 Å². The molecule has 6 aromatic rings. The van der Waals surface area contributed by atoms with Crippen LogP contribution in [0.25, 0.3) is 16.0 Å². The van der Waals surface area contributed by atoms with Crippen LogP contribution in [0, 0.1) is 26.7 Å². The minimum atomic E-state index is -4.07. The summed E-state index contributed by atoms with van der Waals surface area (Å²) in [4.78, 5) is 33.1. The zero-order chi connectivity index (χ0) is 43.3. The first kappa shape index (κ1) is 42.7. The summed E-state index contributed by atoms with van der Waals surface area (Å²) >= 11 is 14.6. The van der Waals surface area contributed by atoms with Crippen LogP contribution >= 0.6 is 34.5 Å². The second-order valence-electron chi connectivity index (χ2n) is 15.7. The molecular formula is C43H44Cl2N8O6S2. The molecule has 4 unspecified atom stereocenters. The number of benzene rings is 3. The molecule has 2 aliphatic rings. The lowest BCUT2D eigenvalue weighted by Crippen LogP contribution is -2.43. The summed E-state index contributed by atoms with van der Waals surface area (Å²) in [7, 11) is -0.811. The first-order valence-electron chi connectivity index (χ1n) is 19.9. The number of nitrogens with zero attached hydrogens (tertiary/aromatic N) is 7. The van der Waals surface area contributed by atoms with Crippen LogP contribution in [-0.4, -0.2) is 73.1 Å². The van der Waals surface area contributed by atoms with E-state index >= 15 is 0 Å². The number of halogens is 2. The summed E-state index contributed by atoms with van der Waals surface area (Å²) in [6.45, 7) is 5.82. The molecule has 318 valence electrons. The number of aromatic nitrogens is 6. The van der Waals surface area contributed by atoms with E-state index in [1.54, 1.807) is 53.4 Å². The first-order valence-corrected chi connectivity index (χ1v) is 23.0. The van der Waals surface area contributed by atoms with Crippen LogP contribution in [0.5, 0.6) is 5.75 Å². The Labute approximate surface area is 367 Å². The highest BCUT2D eigenvalue weighted by Crippen LogP contribution is 2.42. The Kier molecular flexibility index (Phi) is 11.9. The molecule has 0 saturated heterocycles. The zero-order valence-electron chi connectivity index (χ0n) is 34.1. The van der Waals surface area contributed by atoms with Gasteiger partial charge in [0.05, 0.1) is 24.5 Å². The summed E-state index contributed by atoms with van der Waals surface area (Å²) in [5.74, 6) is -0.999. The van der Waals surface area contributed by atoms with E-state index in [4.69, 9.17) is 32.9 Å². The van der Waals surface area contributed by atoms with Gasteiger partial charge in [0.15, 0.2) is 5.82 Å². The Morgan fingerprint density at radius 2 is 1.75 bits per heavy atom. The van der Waals surface area contributed by atoms with Crippen LogP contribution in [-0.2, 0) is 33.2 Å². The van der Waals surface area contributed by atoms with Gasteiger partial charge in [-0.1, -0.05) is 65.5 Å². The largest absolute Gasteiger partial charge is 0.494 e. The number of thiophene rings is 1. The van der Waals surface area contributed by atoms with Crippen LogP contribution in [0.2, 0.25) is 10.0 Å². The van der Waals surface area contributed by atoms with E-state index in [2.05, 4.69) is 39.1 Å². The maximum atomic E-state index is 14.6. The number of carbonyl (C=O) groups excluding carboxylic acids is 1. The number of carboxylic acid groups (broad SMARTS) is 1. The van der Waals surface area contributed by atoms with E-state index in [1.165, 1.54) is 7.11 Å². The molecule has 1 aliphatic heterocycles. The van der Waals surface area contributed by atoms with Crippen molar-refractivity contribution in [2.24, 2.45) is 18.0 Å². The number of fused-ring (bicyclic) bond motifs is 4. The molecule has 0 spiro atoms. The van der Waals surface area contributed by atoms with Crippen LogP contribution in [0.1, 0.15) is 100 Å². The summed E-state index contributed by atoms with van der Waals surface area (Å²) < 4.78 is 40.5. The predicted octanol–water partition coefficient (Wildman–Crippen LogP) is 7.99. The number of sulfonamides is 1. The molecule has 1 aliphatic carbocycles. The minimum absolute atomic E-state index is 0.0666. The molecule has 8 rings (SSSR count). The smallest absolute Gasteiger partial charge is 0.304 e. The number of hydrogen-bond acceptors (Lipinski definition) is 11. The summed E-state index contributed by atoms with van der Waals surface area (Å²) in [5, 5.41) is 28.0. The van der Waals surface area contributed by atoms with Gasteiger partial charge in [0.25, 0.3) is 0 Å². The van der Waals surface area contributed by atoms with E-state index < -0.39 is 39.1 Å². The van der Waals surface area contributed by atoms with E-state index in [0.717, 1.165) is 26.6 Å². The van der Waals surface area contributed by atoms with E-state index in [9.17, 15) is 23.1 Å². The average Bonchev–Trinajstić information content (AvgIpc) is 3.88. The van der Waals surface area contributed by atoms with Crippen LogP contribution in [0.15, 0.2) is 59.6 Å². The highest BCUT2D eigenvalue weighted by molar-refractivity contribution is 7.90. The van der Waals surface area contributed by atoms with Crippen molar-refractivity contribution in [1.82, 2.24) is 34.5 Å². The molecule has 4 atom stereocenters. The molecular weight excluding hydrogens is 860 g/mol. The van der Waals surface area contributed by atoms with Crippen molar-refractivity contribution >= 4 is 73.1 Å². The Hall–Kier alpha value is -5.00. The molecule has 0 radical (unpaired) electrons. The number of Topliss-reactive ketones (excluding diaryl/α,β-unsaturated/α-hetero) is 1. The quantitative estimate of drug-likeness (QED) is 0.115. The number of aliphatic imine (C=N–C) groups is 1. The maximum Gasteiger partial charge on any atom is 0.304 e. The van der Waals surface area contributed by atoms with Crippen molar-refractivity contribution in [3.8, 4) is 10.8 Å². The van der Waals surface area contributed by atoms with Gasteiger partial charge in [0, 0.05) is 57.9 Å². The predicted molar refractivity (Wildman–Crippen MR) is 235 cm³/mol. The monoisotopic (exact) mass is 902 g/mol. The third-order valence-corrected chi connectivity index (χ3v) is 15.6. The number of ether oxygens (including phenoxy) is 1. The molecule has 4 heterocycles. The number of aliphatic carboxylic acids is 1. The lowest BCUT2D eigenvalue weighted by Gasteiger charge is -2.31. The molecule has 0 amide bonds. The van der Waals surface area contributed by atoms with Crippen molar-refractivity contribution < 1.29 is 27.9 Å². The number of aryl methyl sites for hydroxylation is 3. The lowest BCUT2D eigenvalue weighted by atomic mass is 9.83. The standard InChI is InChI=1S/C43H44Cl2N8O6S2/c1-22-23(2)60-43-39(22)40(25-10-13-29(44)14-11-25)47-34(42-50-48-24(3)53(42)43)20-35(54)30-8-6-7-9-37(30)61(57,58)46-21-28-16-26(12-15-32(28)45)31(19-38(55)56)27-17-33-41(36(18-27)59-5)52(4)51-49-33/h10-18,30-31,34,37,46H,6-9,19-21H2,1-5H3,(H,55,56). The molecule has 2 N–H and O–H groups in total. The van der Waals surface area contributed by atoms with E-state index in [-0.39, 0.29) is 25.2 Å². The summed E-state index contributed by atoms with van der Waals surface area (Å²) in [6.07, 6.45) is 1.75.